The van der Waals surface area contributed by atoms with Crippen molar-refractivity contribution in [3.63, 3.8) is 0 Å². The Bertz CT molecular complexity index is 515. The Labute approximate surface area is 113 Å². The Balaban J connectivity index is 1.55. The minimum absolute atomic E-state index is 0.137. The molecule has 0 radical (unpaired) electrons. The molecule has 0 aromatic heterocycles. The van der Waals surface area contributed by atoms with Crippen LogP contribution in [-0.4, -0.2) is 5.97 Å². The van der Waals surface area contributed by atoms with Crippen LogP contribution < -0.4 is 4.74 Å². The highest BCUT2D eigenvalue weighted by atomic mass is 16.5. The number of fused-ring (bicyclic) bond motifs is 2. The SMILES string of the molecule is N#Cc1ccc(OC(=O)C[C@H]2C[C@H]3CC[C@@H]2C3)cc1. The molecule has 3 rings (SSSR count). The molecule has 2 saturated carbocycles. The maximum atomic E-state index is 11.9. The lowest BCUT2D eigenvalue weighted by atomic mass is 9.86. The molecule has 0 unspecified atom stereocenters. The molecule has 3 atom stereocenters. The molecule has 1 aromatic rings. The number of nitrogens with zero attached hydrogens (tertiary/aromatic N) is 1. The van der Waals surface area contributed by atoms with Crippen molar-refractivity contribution < 1.29 is 9.53 Å². The maximum Gasteiger partial charge on any atom is 0.311 e. The van der Waals surface area contributed by atoms with E-state index in [2.05, 4.69) is 0 Å². The molecule has 3 nitrogen and oxygen atoms in total. The van der Waals surface area contributed by atoms with Crippen LogP contribution in [0.1, 0.15) is 37.7 Å². The molecule has 0 heterocycles. The summed E-state index contributed by atoms with van der Waals surface area (Å²) in [6.45, 7) is 0. The van der Waals surface area contributed by atoms with Crippen molar-refractivity contribution >= 4 is 5.97 Å². The summed E-state index contributed by atoms with van der Waals surface area (Å²) in [5.41, 5.74) is 0.577. The van der Waals surface area contributed by atoms with Crippen molar-refractivity contribution in [2.24, 2.45) is 17.8 Å². The summed E-state index contributed by atoms with van der Waals surface area (Å²) < 4.78 is 5.34. The lowest BCUT2D eigenvalue weighted by molar-refractivity contribution is -0.135. The van der Waals surface area contributed by atoms with Gasteiger partial charge in [-0.15, -0.1) is 0 Å². The van der Waals surface area contributed by atoms with Gasteiger partial charge in [0.25, 0.3) is 0 Å². The number of nitriles is 1. The number of rotatable bonds is 3. The molecular weight excluding hydrogens is 238 g/mol. The van der Waals surface area contributed by atoms with Crippen molar-refractivity contribution in [2.45, 2.75) is 32.1 Å². The van der Waals surface area contributed by atoms with Crippen LogP contribution >= 0.6 is 0 Å². The van der Waals surface area contributed by atoms with Gasteiger partial charge < -0.3 is 4.74 Å². The van der Waals surface area contributed by atoms with Crippen LogP contribution in [0.5, 0.6) is 5.75 Å². The first-order valence-corrected chi connectivity index (χ1v) is 6.95. The first-order valence-electron chi connectivity index (χ1n) is 6.95. The molecule has 0 amide bonds. The van der Waals surface area contributed by atoms with Gasteiger partial charge in [0.1, 0.15) is 5.75 Å². The molecule has 0 spiro atoms. The van der Waals surface area contributed by atoms with E-state index in [0.29, 0.717) is 23.7 Å². The molecule has 3 heteroatoms. The zero-order valence-electron chi connectivity index (χ0n) is 10.8. The van der Waals surface area contributed by atoms with Crippen LogP contribution in [-0.2, 0) is 4.79 Å². The van der Waals surface area contributed by atoms with E-state index in [0.717, 1.165) is 11.8 Å². The van der Waals surface area contributed by atoms with Gasteiger partial charge >= 0.3 is 5.97 Å². The Morgan fingerprint density at radius 1 is 1.26 bits per heavy atom. The van der Waals surface area contributed by atoms with E-state index < -0.39 is 0 Å². The lowest BCUT2D eigenvalue weighted by Crippen LogP contribution is -2.18. The quantitative estimate of drug-likeness (QED) is 0.615. The van der Waals surface area contributed by atoms with Gasteiger partial charge in [-0.1, -0.05) is 6.42 Å². The summed E-state index contributed by atoms with van der Waals surface area (Å²) in [5.74, 6) is 2.54. The molecule has 19 heavy (non-hydrogen) atoms. The first kappa shape index (κ1) is 12.2. The van der Waals surface area contributed by atoms with E-state index in [1.165, 1.54) is 25.7 Å². The average molecular weight is 255 g/mol. The summed E-state index contributed by atoms with van der Waals surface area (Å²) >= 11 is 0. The number of hydrogen-bond donors (Lipinski definition) is 0. The molecule has 2 fully saturated rings. The van der Waals surface area contributed by atoms with E-state index in [9.17, 15) is 4.79 Å². The number of ether oxygens (including phenoxy) is 1. The van der Waals surface area contributed by atoms with Crippen LogP contribution in [0.2, 0.25) is 0 Å². The Morgan fingerprint density at radius 3 is 2.63 bits per heavy atom. The normalized spacial score (nSPS) is 28.1. The summed E-state index contributed by atoms with van der Waals surface area (Å²) in [7, 11) is 0. The summed E-state index contributed by atoms with van der Waals surface area (Å²) in [5, 5.41) is 8.70. The van der Waals surface area contributed by atoms with Crippen LogP contribution in [0.25, 0.3) is 0 Å². The van der Waals surface area contributed by atoms with Crippen molar-refractivity contribution in [1.82, 2.24) is 0 Å². The standard InChI is InChI=1S/C16H17NO2/c17-10-11-2-5-15(6-3-11)19-16(18)9-14-8-12-1-4-13(14)7-12/h2-3,5-6,12-14H,1,4,7-9H2/t12-,13+,14+/m0/s1. The van der Waals surface area contributed by atoms with Gasteiger partial charge in [0.2, 0.25) is 0 Å². The zero-order valence-corrected chi connectivity index (χ0v) is 10.8. The molecule has 2 aliphatic rings. The third kappa shape index (κ3) is 2.63. The number of benzene rings is 1. The average Bonchev–Trinajstić information content (AvgIpc) is 3.02. The van der Waals surface area contributed by atoms with Crippen molar-refractivity contribution in [2.75, 3.05) is 0 Å². The molecule has 0 N–H and O–H groups in total. The van der Waals surface area contributed by atoms with Crippen molar-refractivity contribution in [3.05, 3.63) is 29.8 Å². The summed E-state index contributed by atoms with van der Waals surface area (Å²) in [6.07, 6.45) is 5.70. The van der Waals surface area contributed by atoms with Crippen LogP contribution in [0.4, 0.5) is 0 Å². The Hall–Kier alpha value is -1.82. The minimum Gasteiger partial charge on any atom is -0.427 e. The highest BCUT2D eigenvalue weighted by Gasteiger charge is 2.40. The summed E-state index contributed by atoms with van der Waals surface area (Å²) in [6, 6.07) is 8.73. The van der Waals surface area contributed by atoms with Gasteiger partial charge in [-0.05, 0) is 61.3 Å². The van der Waals surface area contributed by atoms with Crippen molar-refractivity contribution in [1.29, 1.82) is 5.26 Å². The van der Waals surface area contributed by atoms with Crippen LogP contribution in [0, 0.1) is 29.1 Å². The van der Waals surface area contributed by atoms with Crippen LogP contribution in [0.15, 0.2) is 24.3 Å². The van der Waals surface area contributed by atoms with E-state index in [1.807, 2.05) is 6.07 Å². The topological polar surface area (TPSA) is 50.1 Å². The second kappa shape index (κ2) is 5.05. The maximum absolute atomic E-state index is 11.9. The summed E-state index contributed by atoms with van der Waals surface area (Å²) in [4.78, 5) is 11.9. The van der Waals surface area contributed by atoms with Gasteiger partial charge in [-0.3, -0.25) is 4.79 Å². The molecule has 1 aromatic carbocycles. The first-order chi connectivity index (χ1) is 9.24. The van der Waals surface area contributed by atoms with E-state index >= 15 is 0 Å². The third-order valence-electron chi connectivity index (χ3n) is 4.53. The van der Waals surface area contributed by atoms with Gasteiger partial charge in [0, 0.05) is 6.42 Å². The molecule has 2 bridgehead atoms. The molecule has 2 aliphatic carbocycles. The monoisotopic (exact) mass is 255 g/mol. The lowest BCUT2D eigenvalue weighted by Gasteiger charge is -2.20. The second-order valence-corrected chi connectivity index (χ2v) is 5.75. The van der Waals surface area contributed by atoms with Crippen molar-refractivity contribution in [3.8, 4) is 11.8 Å². The Kier molecular flexibility index (Phi) is 3.25. The predicted octanol–water partition coefficient (Wildman–Crippen LogP) is 3.29. The largest absolute Gasteiger partial charge is 0.427 e. The third-order valence-corrected chi connectivity index (χ3v) is 4.53. The van der Waals surface area contributed by atoms with Crippen LogP contribution in [0.3, 0.4) is 0 Å². The molecule has 0 aliphatic heterocycles. The van der Waals surface area contributed by atoms with E-state index in [4.69, 9.17) is 10.00 Å². The number of esters is 1. The highest BCUT2D eigenvalue weighted by Crippen LogP contribution is 2.49. The zero-order chi connectivity index (χ0) is 13.2. The smallest absolute Gasteiger partial charge is 0.311 e. The fraction of sp³-hybridized carbons (Fsp3) is 0.500. The van der Waals surface area contributed by atoms with Gasteiger partial charge in [-0.2, -0.15) is 5.26 Å². The second-order valence-electron chi connectivity index (χ2n) is 5.75. The molecular formula is C16H17NO2. The molecule has 98 valence electrons. The number of hydrogen-bond acceptors (Lipinski definition) is 3. The van der Waals surface area contributed by atoms with E-state index in [1.54, 1.807) is 24.3 Å². The minimum atomic E-state index is -0.137. The highest BCUT2D eigenvalue weighted by molar-refractivity contribution is 5.72. The fourth-order valence-electron chi connectivity index (χ4n) is 3.61. The fourth-order valence-corrected chi connectivity index (χ4v) is 3.61. The number of carbonyl (C=O) groups excluding carboxylic acids is 1. The van der Waals surface area contributed by atoms with Gasteiger partial charge in [-0.25, -0.2) is 0 Å². The predicted molar refractivity (Wildman–Crippen MR) is 70.3 cm³/mol. The van der Waals surface area contributed by atoms with Gasteiger partial charge in [0.15, 0.2) is 0 Å². The van der Waals surface area contributed by atoms with Gasteiger partial charge in [0.05, 0.1) is 11.6 Å². The molecule has 0 saturated heterocycles. The Morgan fingerprint density at radius 2 is 2.05 bits per heavy atom. The van der Waals surface area contributed by atoms with E-state index in [-0.39, 0.29) is 5.97 Å². The number of carbonyl (C=O) groups is 1.